The molecule has 0 radical (unpaired) electrons. The maximum absolute atomic E-state index is 13.2. The standard InChI is InChI=1S/C23H21N5OS/c1-15-9-10-19-20(12-15)30-23(25-19)26-22(29)18-14-28(17-7-3-2-4-8-17)27-21(18)16-6-5-11-24-13-16/h2-8,11,13-15H,9-10,12H2,1H3,(H,25,26,29). The van der Waals surface area contributed by atoms with Gasteiger partial charge in [0, 0.05) is 29.0 Å². The molecule has 6 nitrogen and oxygen atoms in total. The Labute approximate surface area is 178 Å². The lowest BCUT2D eigenvalue weighted by atomic mass is 9.93. The molecule has 0 saturated heterocycles. The number of pyridine rings is 1. The molecule has 150 valence electrons. The van der Waals surface area contributed by atoms with Gasteiger partial charge in [-0.2, -0.15) is 5.10 Å². The predicted octanol–water partition coefficient (Wildman–Crippen LogP) is 4.77. The van der Waals surface area contributed by atoms with Crippen LogP contribution in [0.1, 0.15) is 34.3 Å². The molecular weight excluding hydrogens is 394 g/mol. The summed E-state index contributed by atoms with van der Waals surface area (Å²) < 4.78 is 1.73. The molecule has 0 saturated carbocycles. The van der Waals surface area contributed by atoms with Gasteiger partial charge in [0.15, 0.2) is 5.13 Å². The first-order chi connectivity index (χ1) is 14.7. The molecule has 3 aromatic heterocycles. The van der Waals surface area contributed by atoms with Crippen LogP contribution >= 0.6 is 11.3 Å². The molecule has 1 amide bonds. The summed E-state index contributed by atoms with van der Waals surface area (Å²) in [6.45, 7) is 2.26. The number of para-hydroxylation sites is 1. The van der Waals surface area contributed by atoms with Crippen LogP contribution in [0.3, 0.4) is 0 Å². The fourth-order valence-electron chi connectivity index (χ4n) is 3.73. The summed E-state index contributed by atoms with van der Waals surface area (Å²) >= 11 is 1.58. The Balaban J connectivity index is 1.49. The highest BCUT2D eigenvalue weighted by Gasteiger charge is 2.23. The summed E-state index contributed by atoms with van der Waals surface area (Å²) in [6, 6.07) is 13.5. The highest BCUT2D eigenvalue weighted by Crippen LogP contribution is 2.33. The predicted molar refractivity (Wildman–Crippen MR) is 118 cm³/mol. The van der Waals surface area contributed by atoms with Crippen molar-refractivity contribution < 1.29 is 4.79 Å². The van der Waals surface area contributed by atoms with Gasteiger partial charge in [0.25, 0.3) is 5.91 Å². The Hall–Kier alpha value is -3.32. The summed E-state index contributed by atoms with van der Waals surface area (Å²) in [4.78, 5) is 23.4. The van der Waals surface area contributed by atoms with Crippen LogP contribution in [-0.4, -0.2) is 25.7 Å². The fourth-order valence-corrected chi connectivity index (χ4v) is 4.89. The van der Waals surface area contributed by atoms with E-state index in [1.54, 1.807) is 34.6 Å². The number of amides is 1. The molecule has 3 heterocycles. The molecule has 0 aliphatic heterocycles. The summed E-state index contributed by atoms with van der Waals surface area (Å²) in [5, 5.41) is 8.34. The van der Waals surface area contributed by atoms with Crippen molar-refractivity contribution in [3.8, 4) is 16.9 Å². The van der Waals surface area contributed by atoms with Crippen LogP contribution in [0.5, 0.6) is 0 Å². The smallest absolute Gasteiger partial charge is 0.261 e. The number of thiazole rings is 1. The van der Waals surface area contributed by atoms with Gasteiger partial charge in [-0.05, 0) is 49.4 Å². The number of aromatic nitrogens is 4. The SMILES string of the molecule is CC1CCc2nc(NC(=O)c3cn(-c4ccccc4)nc3-c3cccnc3)sc2C1. The van der Waals surface area contributed by atoms with E-state index in [1.165, 1.54) is 4.88 Å². The third kappa shape index (κ3) is 3.64. The zero-order valence-corrected chi connectivity index (χ0v) is 17.4. The van der Waals surface area contributed by atoms with E-state index < -0.39 is 0 Å². The van der Waals surface area contributed by atoms with Gasteiger partial charge < -0.3 is 0 Å². The van der Waals surface area contributed by atoms with E-state index in [4.69, 9.17) is 0 Å². The monoisotopic (exact) mass is 415 g/mol. The van der Waals surface area contributed by atoms with Crippen LogP contribution < -0.4 is 5.32 Å². The van der Waals surface area contributed by atoms with E-state index in [1.807, 2.05) is 42.5 Å². The van der Waals surface area contributed by atoms with Crippen molar-refractivity contribution in [3.63, 3.8) is 0 Å². The summed E-state index contributed by atoms with van der Waals surface area (Å²) in [5.41, 5.74) is 3.90. The molecule has 1 aliphatic carbocycles. The number of anilines is 1. The second kappa shape index (κ2) is 7.84. The highest BCUT2D eigenvalue weighted by molar-refractivity contribution is 7.15. The third-order valence-electron chi connectivity index (χ3n) is 5.32. The van der Waals surface area contributed by atoms with Crippen molar-refractivity contribution in [2.45, 2.75) is 26.2 Å². The second-order valence-electron chi connectivity index (χ2n) is 7.60. The molecule has 1 unspecified atom stereocenters. The summed E-state index contributed by atoms with van der Waals surface area (Å²) in [7, 11) is 0. The van der Waals surface area contributed by atoms with Crippen LogP contribution in [0.25, 0.3) is 16.9 Å². The van der Waals surface area contributed by atoms with Gasteiger partial charge in [-0.3, -0.25) is 15.1 Å². The molecule has 7 heteroatoms. The van der Waals surface area contributed by atoms with E-state index in [-0.39, 0.29) is 5.91 Å². The van der Waals surface area contributed by atoms with Crippen molar-refractivity contribution in [1.82, 2.24) is 19.7 Å². The average Bonchev–Trinajstić information content (AvgIpc) is 3.39. The van der Waals surface area contributed by atoms with E-state index in [2.05, 4.69) is 27.3 Å². The minimum absolute atomic E-state index is 0.213. The summed E-state index contributed by atoms with van der Waals surface area (Å²) in [5.74, 6) is 0.456. The van der Waals surface area contributed by atoms with Crippen molar-refractivity contribution in [1.29, 1.82) is 0 Å². The Morgan fingerprint density at radius 2 is 2.07 bits per heavy atom. The first-order valence-electron chi connectivity index (χ1n) is 10.0. The van der Waals surface area contributed by atoms with Gasteiger partial charge in [-0.1, -0.05) is 25.1 Å². The van der Waals surface area contributed by atoms with E-state index in [9.17, 15) is 4.79 Å². The van der Waals surface area contributed by atoms with Gasteiger partial charge in [0.2, 0.25) is 0 Å². The lowest BCUT2D eigenvalue weighted by molar-refractivity contribution is 0.102. The molecule has 0 spiro atoms. The fraction of sp³-hybridized carbons (Fsp3) is 0.217. The van der Waals surface area contributed by atoms with Crippen molar-refractivity contribution in [2.24, 2.45) is 5.92 Å². The van der Waals surface area contributed by atoms with Gasteiger partial charge in [-0.15, -0.1) is 11.3 Å². The summed E-state index contributed by atoms with van der Waals surface area (Å²) in [6.07, 6.45) is 8.36. The third-order valence-corrected chi connectivity index (χ3v) is 6.36. The highest BCUT2D eigenvalue weighted by atomic mass is 32.1. The number of aryl methyl sites for hydroxylation is 1. The number of nitrogens with zero attached hydrogens (tertiary/aromatic N) is 4. The number of benzene rings is 1. The zero-order chi connectivity index (χ0) is 20.5. The van der Waals surface area contributed by atoms with Crippen molar-refractivity contribution in [3.05, 3.63) is 77.2 Å². The maximum atomic E-state index is 13.2. The van der Waals surface area contributed by atoms with Gasteiger partial charge >= 0.3 is 0 Å². The van der Waals surface area contributed by atoms with Crippen LogP contribution in [0.15, 0.2) is 61.1 Å². The average molecular weight is 416 g/mol. The normalized spacial score (nSPS) is 15.6. The molecule has 1 N–H and O–H groups in total. The molecule has 30 heavy (non-hydrogen) atoms. The zero-order valence-electron chi connectivity index (χ0n) is 16.6. The quantitative estimate of drug-likeness (QED) is 0.521. The van der Waals surface area contributed by atoms with Crippen molar-refractivity contribution in [2.75, 3.05) is 5.32 Å². The Bertz CT molecular complexity index is 1180. The Morgan fingerprint density at radius 3 is 2.87 bits per heavy atom. The van der Waals surface area contributed by atoms with Gasteiger partial charge in [0.1, 0.15) is 5.69 Å². The number of carbonyl (C=O) groups is 1. The first kappa shape index (κ1) is 18.7. The van der Waals surface area contributed by atoms with Crippen LogP contribution in [-0.2, 0) is 12.8 Å². The number of hydrogen-bond donors (Lipinski definition) is 1. The molecule has 0 bridgehead atoms. The lowest BCUT2D eigenvalue weighted by Crippen LogP contribution is -2.12. The second-order valence-corrected chi connectivity index (χ2v) is 8.69. The van der Waals surface area contributed by atoms with Crippen molar-refractivity contribution >= 4 is 22.4 Å². The number of carbonyl (C=O) groups excluding carboxylic acids is 1. The molecule has 1 atom stereocenters. The van der Waals surface area contributed by atoms with Crippen LogP contribution in [0.4, 0.5) is 5.13 Å². The van der Waals surface area contributed by atoms with Crippen LogP contribution in [0.2, 0.25) is 0 Å². The number of nitrogens with one attached hydrogen (secondary N) is 1. The number of fused-ring (bicyclic) bond motifs is 1. The first-order valence-corrected chi connectivity index (χ1v) is 10.8. The van der Waals surface area contributed by atoms with Gasteiger partial charge in [0.05, 0.1) is 16.9 Å². The van der Waals surface area contributed by atoms with Crippen LogP contribution in [0, 0.1) is 5.92 Å². The number of hydrogen-bond acceptors (Lipinski definition) is 5. The Morgan fingerprint density at radius 1 is 1.20 bits per heavy atom. The minimum atomic E-state index is -0.213. The molecule has 5 rings (SSSR count). The molecular formula is C23H21N5OS. The molecule has 1 aliphatic rings. The topological polar surface area (TPSA) is 72.7 Å². The lowest BCUT2D eigenvalue weighted by Gasteiger charge is -2.15. The van der Waals surface area contributed by atoms with Gasteiger partial charge in [-0.25, -0.2) is 9.67 Å². The maximum Gasteiger partial charge on any atom is 0.261 e. The van der Waals surface area contributed by atoms with E-state index in [0.717, 1.165) is 36.2 Å². The van der Waals surface area contributed by atoms with E-state index in [0.29, 0.717) is 22.3 Å². The molecule has 0 fully saturated rings. The number of rotatable bonds is 4. The van der Waals surface area contributed by atoms with E-state index >= 15 is 0 Å². The minimum Gasteiger partial charge on any atom is -0.298 e. The Kier molecular flexibility index (Phi) is 4.88. The molecule has 1 aromatic carbocycles. The molecule has 4 aromatic rings. The largest absolute Gasteiger partial charge is 0.298 e.